The number of aliphatic hydroxyl groups excluding tert-OH is 3. The monoisotopic (exact) mass is 680 g/mol. The quantitative estimate of drug-likeness (QED) is 0.107. The molecule has 0 aliphatic carbocycles. The Morgan fingerprint density at radius 3 is 1.59 bits per heavy atom. The number of hydrogen-bond donors (Lipinski definition) is 3. The number of hydrogen-bond acceptors (Lipinski definition) is 12. The van der Waals surface area contributed by atoms with Crippen molar-refractivity contribution in [3.63, 3.8) is 0 Å². The highest BCUT2D eigenvalue weighted by molar-refractivity contribution is 7.99. The van der Waals surface area contributed by atoms with Crippen LogP contribution in [-0.2, 0) is 18.9 Å². The molecule has 2 aromatic rings. The Kier molecular flexibility index (Phi) is 18.3. The third kappa shape index (κ3) is 10.6. The summed E-state index contributed by atoms with van der Waals surface area (Å²) in [7, 11) is 0. The molecule has 2 aromatic carbocycles. The first-order valence-electron chi connectivity index (χ1n) is 14.0. The fourth-order valence-corrected chi connectivity index (χ4v) is 6.63. The zero-order valence-electron chi connectivity index (χ0n) is 25.9. The van der Waals surface area contributed by atoms with Gasteiger partial charge in [-0.2, -0.15) is 0 Å². The molecule has 0 aromatic heterocycles. The Balaban J connectivity index is 0.000000442. The molecule has 14 heteroatoms. The molecule has 4 unspecified atom stereocenters. The van der Waals surface area contributed by atoms with Gasteiger partial charge in [0.05, 0.1) is 30.4 Å². The van der Waals surface area contributed by atoms with Crippen LogP contribution in [0.4, 0.5) is 0 Å². The molecule has 0 saturated carbocycles. The van der Waals surface area contributed by atoms with Gasteiger partial charge in [-0.15, -0.1) is 23.5 Å². The minimum atomic E-state index is -1.05. The molecular formula is C32H46N3O9S2-. The number of carbonyl (C=O) groups is 2. The highest BCUT2D eigenvalue weighted by atomic mass is 32.2. The Morgan fingerprint density at radius 2 is 1.22 bits per heavy atom. The zero-order valence-corrected chi connectivity index (χ0v) is 27.5. The van der Waals surface area contributed by atoms with Crippen molar-refractivity contribution >= 4 is 35.5 Å². The molecule has 2 saturated heterocycles. The van der Waals surface area contributed by atoms with Crippen molar-refractivity contribution in [3.8, 4) is 0 Å². The van der Waals surface area contributed by atoms with E-state index in [-0.39, 0.29) is 50.7 Å². The molecule has 2 fully saturated rings. The second-order valence-corrected chi connectivity index (χ2v) is 12.2. The second kappa shape index (κ2) is 20.4. The Bertz CT molecular complexity index is 1220. The summed E-state index contributed by atoms with van der Waals surface area (Å²) in [5.74, 6) is -1.35. The topological polar surface area (TPSA) is 181 Å². The van der Waals surface area contributed by atoms with Crippen molar-refractivity contribution in [1.29, 1.82) is 0 Å². The van der Waals surface area contributed by atoms with Crippen LogP contribution in [-0.4, -0.2) is 100 Å². The van der Waals surface area contributed by atoms with Crippen LogP contribution >= 0.6 is 23.5 Å². The van der Waals surface area contributed by atoms with Crippen molar-refractivity contribution in [2.45, 2.75) is 68.8 Å². The van der Waals surface area contributed by atoms with E-state index in [1.807, 2.05) is 38.5 Å². The Hall–Kier alpha value is -2.81. The SMILES string of the molecule is C.CS[C@@H]1OC(CN=[N+]=[N-])[C@@H](O)[C@H](OC(=O)c2ccccc2)C1C.CS[C@@H]1OC(CO)[C@@H](O)[C@H](OC(=O)c2ccccc2)C1C.[CH3-]. The van der Waals surface area contributed by atoms with E-state index < -0.39 is 48.6 Å². The molecule has 0 radical (unpaired) electrons. The van der Waals surface area contributed by atoms with Crippen LogP contribution < -0.4 is 0 Å². The van der Waals surface area contributed by atoms with Gasteiger partial charge in [-0.05, 0) is 42.3 Å². The van der Waals surface area contributed by atoms with Gasteiger partial charge in [-0.3, -0.25) is 0 Å². The van der Waals surface area contributed by atoms with E-state index in [2.05, 4.69) is 10.0 Å². The first-order valence-corrected chi connectivity index (χ1v) is 16.6. The van der Waals surface area contributed by atoms with E-state index in [0.29, 0.717) is 11.1 Å². The lowest BCUT2D eigenvalue weighted by atomic mass is 9.93. The summed E-state index contributed by atoms with van der Waals surface area (Å²) < 4.78 is 22.3. The number of nitrogens with zero attached hydrogens (tertiary/aromatic N) is 3. The molecular weight excluding hydrogens is 634 g/mol. The van der Waals surface area contributed by atoms with Crippen molar-refractivity contribution in [1.82, 2.24) is 0 Å². The molecule has 2 aliphatic heterocycles. The smallest absolute Gasteiger partial charge is 0.338 e. The predicted octanol–water partition coefficient (Wildman–Crippen LogP) is 4.98. The van der Waals surface area contributed by atoms with Crippen LogP contribution in [0.5, 0.6) is 0 Å². The van der Waals surface area contributed by atoms with Gasteiger partial charge in [0, 0.05) is 16.7 Å². The number of ether oxygens (including phenoxy) is 4. The minimum absolute atomic E-state index is 0. The maximum absolute atomic E-state index is 12.3. The van der Waals surface area contributed by atoms with Crippen molar-refractivity contribution in [2.24, 2.45) is 17.0 Å². The molecule has 256 valence electrons. The fraction of sp³-hybridized carbons (Fsp3) is 0.531. The maximum Gasteiger partial charge on any atom is 0.338 e. The summed E-state index contributed by atoms with van der Waals surface area (Å²) in [5, 5.41) is 33.4. The largest absolute Gasteiger partial charge is 0.455 e. The summed E-state index contributed by atoms with van der Waals surface area (Å²) in [4.78, 5) is 27.1. The molecule has 10 atom stereocenters. The first-order chi connectivity index (χ1) is 21.2. The number of thioether (sulfide) groups is 2. The van der Waals surface area contributed by atoms with E-state index in [1.165, 1.54) is 23.5 Å². The molecule has 2 heterocycles. The lowest BCUT2D eigenvalue weighted by Crippen LogP contribution is -2.55. The zero-order chi connectivity index (χ0) is 32.2. The molecule has 2 aliphatic rings. The van der Waals surface area contributed by atoms with Gasteiger partial charge in [0.15, 0.2) is 0 Å². The van der Waals surface area contributed by atoms with E-state index in [0.717, 1.165) is 0 Å². The predicted molar refractivity (Wildman–Crippen MR) is 180 cm³/mol. The summed E-state index contributed by atoms with van der Waals surface area (Å²) in [6, 6.07) is 17.2. The van der Waals surface area contributed by atoms with Crippen LogP contribution in [0.15, 0.2) is 65.8 Å². The second-order valence-electron chi connectivity index (χ2n) is 10.3. The standard InChI is InChI=1S/C15H19N3O4S.C15H20O5S.CH4.CH3/c1-9-13(22-14(20)10-6-4-3-5-7-10)12(19)11(8-17-18-16)21-15(9)23-2;1-9-13(12(17)11(8-16)19-15(9)21-2)20-14(18)10-6-4-3-5-7-10;;/h3-7,9,11-13,15,19H,8H2,1-2H3;3-7,9,11-13,15-17H,8H2,1-2H3;1H4;1H3/q;;;-1/t2*9?,11?,12-,13-,15+;;/m11../s1. The molecule has 4 rings (SSSR count). The first kappa shape index (κ1) is 41.2. The van der Waals surface area contributed by atoms with E-state index in [9.17, 15) is 24.9 Å². The van der Waals surface area contributed by atoms with Gasteiger partial charge < -0.3 is 41.7 Å². The lowest BCUT2D eigenvalue weighted by molar-refractivity contribution is -0.182. The molecule has 0 bridgehead atoms. The summed E-state index contributed by atoms with van der Waals surface area (Å²) in [6.45, 7) is 3.39. The molecule has 12 nitrogen and oxygen atoms in total. The van der Waals surface area contributed by atoms with Gasteiger partial charge >= 0.3 is 11.9 Å². The maximum atomic E-state index is 12.3. The molecule has 0 amide bonds. The highest BCUT2D eigenvalue weighted by Crippen LogP contribution is 2.35. The minimum Gasteiger partial charge on any atom is -0.455 e. The third-order valence-electron chi connectivity index (χ3n) is 7.42. The van der Waals surface area contributed by atoms with Crippen LogP contribution in [0.3, 0.4) is 0 Å². The average molecular weight is 681 g/mol. The summed E-state index contributed by atoms with van der Waals surface area (Å²) in [6.07, 6.45) is -1.22. The van der Waals surface area contributed by atoms with E-state index in [4.69, 9.17) is 24.5 Å². The Labute approximate surface area is 279 Å². The van der Waals surface area contributed by atoms with Crippen molar-refractivity contribution < 1.29 is 43.9 Å². The van der Waals surface area contributed by atoms with Gasteiger partial charge in [0.2, 0.25) is 0 Å². The van der Waals surface area contributed by atoms with Crippen LogP contribution in [0.2, 0.25) is 0 Å². The number of esters is 2. The van der Waals surface area contributed by atoms with Crippen molar-refractivity contribution in [3.05, 3.63) is 89.7 Å². The van der Waals surface area contributed by atoms with Crippen molar-refractivity contribution in [2.75, 3.05) is 25.7 Å². The van der Waals surface area contributed by atoms with Gasteiger partial charge in [0.25, 0.3) is 0 Å². The summed E-state index contributed by atoms with van der Waals surface area (Å²) in [5.41, 5.74) is 8.81. The number of carbonyl (C=O) groups excluding carboxylic acids is 2. The summed E-state index contributed by atoms with van der Waals surface area (Å²) >= 11 is 2.93. The molecule has 0 spiro atoms. The molecule has 3 N–H and O–H groups in total. The fourth-order valence-electron chi connectivity index (χ4n) is 4.95. The van der Waals surface area contributed by atoms with Gasteiger partial charge in [0.1, 0.15) is 41.4 Å². The van der Waals surface area contributed by atoms with E-state index >= 15 is 0 Å². The number of azide groups is 1. The average Bonchev–Trinajstić information content (AvgIpc) is 3.05. The number of aliphatic hydroxyl groups is 3. The van der Waals surface area contributed by atoms with E-state index in [1.54, 1.807) is 48.5 Å². The Morgan fingerprint density at radius 1 is 0.826 bits per heavy atom. The molecule has 46 heavy (non-hydrogen) atoms. The third-order valence-corrected chi connectivity index (χ3v) is 9.43. The number of benzene rings is 2. The number of rotatable bonds is 9. The van der Waals surface area contributed by atoms with Crippen LogP contribution in [0.1, 0.15) is 42.0 Å². The van der Waals surface area contributed by atoms with Gasteiger partial charge in [-0.1, -0.05) is 62.8 Å². The highest BCUT2D eigenvalue weighted by Gasteiger charge is 2.46. The van der Waals surface area contributed by atoms with Crippen LogP contribution in [0, 0.1) is 19.3 Å². The normalized spacial score (nSPS) is 30.1. The van der Waals surface area contributed by atoms with Crippen LogP contribution in [0.25, 0.3) is 10.4 Å². The van der Waals surface area contributed by atoms with Gasteiger partial charge in [-0.25, -0.2) is 9.59 Å². The lowest BCUT2D eigenvalue weighted by Gasteiger charge is -2.42.